The SMILES string of the molecule is CC(C)COCc1cc(O)c(O)c(Br)c1Cc1c(Br)c(O)c(O)c(Br)c1Br.CCCOCc1cc(O)c(O)c(Br)c1Cc1c(Br)c(O)c(O)c(Br)c1Br.CCCOCc1cc(O)c(O)c(Br)c1Cc1c(Br)c(O)c(O)c(Br)c1Br.Cc1cc(O)c(O)c(Br)c1Cc1c(Br)c(O)c(O)c(Br)c1Br. The van der Waals surface area contributed by atoms with Gasteiger partial charge in [-0.1, -0.05) is 27.7 Å². The third kappa shape index (κ3) is 21.3. The molecule has 0 aromatic heterocycles. The van der Waals surface area contributed by atoms with Crippen LogP contribution in [0.2, 0.25) is 0 Å². The Balaban J connectivity index is 0.000000243. The van der Waals surface area contributed by atoms with Crippen LogP contribution in [0.15, 0.2) is 95.8 Å². The zero-order chi connectivity index (χ0) is 76.4. The summed E-state index contributed by atoms with van der Waals surface area (Å²) in [5, 5.41) is 160. The molecule has 0 saturated heterocycles. The molecule has 0 aliphatic rings. The van der Waals surface area contributed by atoms with Gasteiger partial charge in [0.1, 0.15) is 0 Å². The minimum atomic E-state index is -0.295. The Hall–Kier alpha value is -1.88. The minimum Gasteiger partial charge on any atom is -0.504 e. The molecular formula is C66H60Br16O19. The summed E-state index contributed by atoms with van der Waals surface area (Å²) >= 11 is 53.0. The smallest absolute Gasteiger partial charge is 0.174 e. The maximum absolute atomic E-state index is 10.1. The van der Waals surface area contributed by atoms with E-state index < -0.39 is 0 Å². The number of hydrogen-bond acceptors (Lipinski definition) is 19. The van der Waals surface area contributed by atoms with Crippen LogP contribution in [0.1, 0.15) is 107 Å². The van der Waals surface area contributed by atoms with Gasteiger partial charge < -0.3 is 95.9 Å². The molecule has 0 saturated carbocycles. The normalized spacial score (nSPS) is 11.1. The molecule has 8 aromatic rings. The molecule has 0 unspecified atom stereocenters. The molecule has 101 heavy (non-hydrogen) atoms. The zero-order valence-electron chi connectivity index (χ0n) is 52.8. The van der Waals surface area contributed by atoms with Gasteiger partial charge in [0.25, 0.3) is 0 Å². The molecule has 0 heterocycles. The molecule has 8 aromatic carbocycles. The number of ether oxygens (including phenoxy) is 3. The van der Waals surface area contributed by atoms with Crippen molar-refractivity contribution in [1.29, 1.82) is 0 Å². The second-order valence-corrected chi connectivity index (χ2v) is 34.8. The zero-order valence-corrected chi connectivity index (χ0v) is 78.2. The standard InChI is InChI=1S/C18H18Br4O5.2C17H16Br4O5.C14H10Br4O4/c1-7(2)5-27-6-8-3-11(23)16(24)13(20)9(8)4-10-12(19)15(22)18(26)17(25)14(10)21;2*1-2-3-26-6-7-4-10(22)15(23)12(19)8(7)5-9-11(18)14(21)17(25)16(24)13(9)20;1-4-2-7(19)12(20)9(16)5(4)3-6-8(15)11(18)14(22)13(21)10(6)17/h3,7,23-26H,4-6H2,1-2H3;2*4,22-25H,2-3,5-6H2,1H3;2,19-22H,3H2,1H3. The topological polar surface area (TPSA) is 351 Å². The van der Waals surface area contributed by atoms with E-state index in [1.165, 1.54) is 24.3 Å². The number of benzene rings is 8. The molecule has 550 valence electrons. The first kappa shape index (κ1) is 89.7. The highest BCUT2D eigenvalue weighted by atomic mass is 79.9. The fourth-order valence-electron chi connectivity index (χ4n) is 9.24. The van der Waals surface area contributed by atoms with E-state index in [0.717, 1.165) is 24.0 Å². The molecule has 0 fully saturated rings. The summed E-state index contributed by atoms with van der Waals surface area (Å²) in [5.41, 5.74) is 8.29. The van der Waals surface area contributed by atoms with Crippen LogP contribution in [0, 0.1) is 12.8 Å². The Kier molecular flexibility index (Phi) is 35.5. The molecule has 35 heteroatoms. The predicted octanol–water partition coefficient (Wildman–Crippen LogP) is 23.9. The largest absolute Gasteiger partial charge is 0.504 e. The summed E-state index contributed by atoms with van der Waals surface area (Å²) in [6, 6.07) is 5.85. The summed E-state index contributed by atoms with van der Waals surface area (Å²) in [6.45, 7) is 12.3. The number of rotatable bonds is 20. The highest BCUT2D eigenvalue weighted by molar-refractivity contribution is 9.14. The van der Waals surface area contributed by atoms with E-state index in [0.29, 0.717) is 159 Å². The van der Waals surface area contributed by atoms with Gasteiger partial charge in [-0.05, 0) is 372 Å². The maximum Gasteiger partial charge on any atom is 0.174 e. The van der Waals surface area contributed by atoms with Crippen molar-refractivity contribution in [2.24, 2.45) is 5.92 Å². The summed E-state index contributed by atoms with van der Waals surface area (Å²) in [7, 11) is 0. The molecule has 0 amide bonds. The summed E-state index contributed by atoms with van der Waals surface area (Å²) < 4.78 is 23.1. The van der Waals surface area contributed by atoms with Gasteiger partial charge in [-0.25, -0.2) is 0 Å². The minimum absolute atomic E-state index is 0.207. The van der Waals surface area contributed by atoms with E-state index in [9.17, 15) is 81.7 Å². The Bertz CT molecular complexity index is 4170. The van der Waals surface area contributed by atoms with Gasteiger partial charge in [0.15, 0.2) is 92.0 Å². The quantitative estimate of drug-likeness (QED) is 0.0191. The Labute approximate surface area is 714 Å². The number of aryl methyl sites for hydroxylation is 1. The van der Waals surface area contributed by atoms with Crippen LogP contribution in [0.5, 0.6) is 92.0 Å². The molecule has 0 bridgehead atoms. The Morgan fingerprint density at radius 2 is 0.475 bits per heavy atom. The first-order valence-corrected chi connectivity index (χ1v) is 41.7. The monoisotopic (exact) mass is 2420 g/mol. The second-order valence-electron chi connectivity index (χ2n) is 22.1. The third-order valence-electron chi connectivity index (χ3n) is 14.6. The molecule has 19 nitrogen and oxygen atoms in total. The van der Waals surface area contributed by atoms with Crippen molar-refractivity contribution in [3.8, 4) is 92.0 Å². The molecule has 0 spiro atoms. The lowest BCUT2D eigenvalue weighted by atomic mass is 9.98. The highest BCUT2D eigenvalue weighted by Gasteiger charge is 2.29. The Morgan fingerprint density at radius 3 is 0.723 bits per heavy atom. The average molecular weight is 2440 g/mol. The average Bonchev–Trinajstić information content (AvgIpc) is 0.794. The van der Waals surface area contributed by atoms with Gasteiger partial charge >= 0.3 is 0 Å². The summed E-state index contributed by atoms with van der Waals surface area (Å²) in [5.74, 6) is -3.93. The van der Waals surface area contributed by atoms with Crippen molar-refractivity contribution in [2.45, 2.75) is 93.0 Å². The Morgan fingerprint density at radius 1 is 0.267 bits per heavy atom. The number of phenols is 16. The molecule has 0 aliphatic heterocycles. The van der Waals surface area contributed by atoms with Crippen LogP contribution in [0.3, 0.4) is 0 Å². The van der Waals surface area contributed by atoms with Gasteiger partial charge in [-0.15, -0.1) is 0 Å². The number of aromatic hydroxyl groups is 16. The van der Waals surface area contributed by atoms with Gasteiger partial charge in [-0.2, -0.15) is 0 Å². The first-order valence-electron chi connectivity index (χ1n) is 29.0. The van der Waals surface area contributed by atoms with Crippen molar-refractivity contribution in [3.63, 3.8) is 0 Å². The van der Waals surface area contributed by atoms with Crippen molar-refractivity contribution >= 4 is 255 Å². The van der Waals surface area contributed by atoms with Crippen LogP contribution in [0.4, 0.5) is 0 Å². The molecular weight excluding hydrogens is 2380 g/mol. The van der Waals surface area contributed by atoms with E-state index in [-0.39, 0.29) is 131 Å². The first-order chi connectivity index (χ1) is 47.1. The summed E-state index contributed by atoms with van der Waals surface area (Å²) in [4.78, 5) is 0. The molecule has 0 aliphatic carbocycles. The van der Waals surface area contributed by atoms with E-state index in [1.807, 2.05) is 27.7 Å². The fraction of sp³-hybridized carbons (Fsp3) is 0.273. The van der Waals surface area contributed by atoms with Crippen molar-refractivity contribution in [1.82, 2.24) is 0 Å². The van der Waals surface area contributed by atoms with Gasteiger partial charge in [-0.3, -0.25) is 0 Å². The van der Waals surface area contributed by atoms with Crippen LogP contribution in [0.25, 0.3) is 0 Å². The van der Waals surface area contributed by atoms with Crippen LogP contribution >= 0.6 is 255 Å². The lowest BCUT2D eigenvalue weighted by Crippen LogP contribution is -2.06. The number of hydrogen-bond donors (Lipinski definition) is 16. The molecule has 16 N–H and O–H groups in total. The van der Waals surface area contributed by atoms with Crippen LogP contribution in [-0.2, 0) is 59.7 Å². The van der Waals surface area contributed by atoms with Crippen LogP contribution in [-0.4, -0.2) is 102 Å². The van der Waals surface area contributed by atoms with Gasteiger partial charge in [0.05, 0.1) is 73.5 Å². The second kappa shape index (κ2) is 40.0. The lowest BCUT2D eigenvalue weighted by molar-refractivity contribution is 0.0964. The van der Waals surface area contributed by atoms with Crippen molar-refractivity contribution in [2.75, 3.05) is 19.8 Å². The van der Waals surface area contributed by atoms with E-state index >= 15 is 0 Å². The lowest BCUT2D eigenvalue weighted by Gasteiger charge is -2.18. The molecule has 0 radical (unpaired) electrons. The molecule has 8 rings (SSSR count). The van der Waals surface area contributed by atoms with E-state index in [4.69, 9.17) is 14.2 Å². The van der Waals surface area contributed by atoms with Gasteiger partial charge in [0, 0.05) is 63.4 Å². The predicted molar refractivity (Wildman–Crippen MR) is 442 cm³/mol. The fourth-order valence-corrected chi connectivity index (χ4v) is 18.7. The van der Waals surface area contributed by atoms with E-state index in [1.54, 1.807) is 6.92 Å². The summed E-state index contributed by atoms with van der Waals surface area (Å²) in [6.07, 6.45) is 2.91. The van der Waals surface area contributed by atoms with Gasteiger partial charge in [0.2, 0.25) is 0 Å². The maximum atomic E-state index is 10.1. The van der Waals surface area contributed by atoms with Crippen molar-refractivity contribution in [3.05, 3.63) is 163 Å². The van der Waals surface area contributed by atoms with E-state index in [2.05, 4.69) is 255 Å². The highest BCUT2D eigenvalue weighted by Crippen LogP contribution is 2.54. The molecule has 0 atom stereocenters. The van der Waals surface area contributed by atoms with Crippen molar-refractivity contribution < 1.29 is 95.9 Å². The third-order valence-corrected chi connectivity index (χ3v) is 30.1. The van der Waals surface area contributed by atoms with Crippen LogP contribution < -0.4 is 0 Å². The number of phenolic OH excluding ortho intramolecular Hbond substituents is 16. The number of halogens is 16.